The zero-order valence-electron chi connectivity index (χ0n) is 12.5. The molecule has 0 saturated carbocycles. The maximum atomic E-state index is 13.1. The Hall–Kier alpha value is -2.70. The number of nitrogens with zero attached hydrogens (tertiary/aromatic N) is 1. The smallest absolute Gasteiger partial charge is 0.315 e. The molecule has 0 spiro atoms. The minimum Gasteiger partial charge on any atom is -0.315 e. The Morgan fingerprint density at radius 3 is 1.96 bits per heavy atom. The second kappa shape index (κ2) is 6.20. The Morgan fingerprint density at radius 1 is 0.957 bits per heavy atom. The highest BCUT2D eigenvalue weighted by Crippen LogP contribution is 2.35. The Balaban J connectivity index is 2.12. The average molecular weight is 310 g/mol. The predicted molar refractivity (Wildman–Crippen MR) is 86.1 cm³/mol. The van der Waals surface area contributed by atoms with Gasteiger partial charge in [-0.2, -0.15) is 0 Å². The number of rotatable bonds is 5. The number of hydrogen-bond acceptors (Lipinski definition) is 4. The molecule has 0 unspecified atom stereocenters. The second-order valence-corrected chi connectivity index (χ2v) is 5.32. The highest BCUT2D eigenvalue weighted by atomic mass is 16.2. The van der Waals surface area contributed by atoms with Gasteiger partial charge in [-0.05, 0) is 11.1 Å². The van der Waals surface area contributed by atoms with Crippen LogP contribution >= 0.6 is 0 Å². The molecular formula is C17H18N4O2. The molecule has 1 heterocycles. The van der Waals surface area contributed by atoms with Gasteiger partial charge in [0.15, 0.2) is 5.54 Å². The minimum absolute atomic E-state index is 0.211. The van der Waals surface area contributed by atoms with Crippen LogP contribution in [0.15, 0.2) is 60.7 Å². The molecule has 3 amide bonds. The zero-order valence-corrected chi connectivity index (χ0v) is 12.5. The molecule has 3 rings (SSSR count). The van der Waals surface area contributed by atoms with Gasteiger partial charge in [0.1, 0.15) is 0 Å². The standard InChI is InChI=1S/C17H18N4O2/c18-19-11-12-21-15(22)17(20-16(21)23,13-7-3-1-4-8-13)14-9-5-2-6-10-14/h1-10,19H,11-12,18H2,(H,20,23). The molecule has 1 saturated heterocycles. The molecule has 1 fully saturated rings. The zero-order chi connectivity index (χ0) is 16.3. The van der Waals surface area contributed by atoms with E-state index in [0.29, 0.717) is 6.54 Å². The van der Waals surface area contributed by atoms with Gasteiger partial charge in [-0.3, -0.25) is 21.0 Å². The van der Waals surface area contributed by atoms with Crippen LogP contribution in [-0.4, -0.2) is 29.9 Å². The van der Waals surface area contributed by atoms with E-state index in [9.17, 15) is 9.59 Å². The lowest BCUT2D eigenvalue weighted by Gasteiger charge is -2.28. The van der Waals surface area contributed by atoms with Crippen molar-refractivity contribution in [1.82, 2.24) is 15.6 Å². The van der Waals surface area contributed by atoms with Crippen molar-refractivity contribution in [2.75, 3.05) is 13.1 Å². The third kappa shape index (κ3) is 2.48. The Labute approximate surface area is 134 Å². The molecule has 0 bridgehead atoms. The number of urea groups is 1. The van der Waals surface area contributed by atoms with E-state index in [1.54, 1.807) is 0 Å². The molecule has 0 aromatic heterocycles. The van der Waals surface area contributed by atoms with Crippen LogP contribution in [0, 0.1) is 0 Å². The van der Waals surface area contributed by atoms with Gasteiger partial charge < -0.3 is 5.32 Å². The lowest BCUT2D eigenvalue weighted by Crippen LogP contribution is -2.45. The summed E-state index contributed by atoms with van der Waals surface area (Å²) in [5, 5.41) is 2.88. The predicted octanol–water partition coefficient (Wildman–Crippen LogP) is 0.945. The largest absolute Gasteiger partial charge is 0.325 e. The van der Waals surface area contributed by atoms with Crippen molar-refractivity contribution in [3.8, 4) is 0 Å². The van der Waals surface area contributed by atoms with E-state index in [1.807, 2.05) is 60.7 Å². The Morgan fingerprint density at radius 2 is 1.48 bits per heavy atom. The summed E-state index contributed by atoms with van der Waals surface area (Å²) < 4.78 is 0. The van der Waals surface area contributed by atoms with E-state index in [-0.39, 0.29) is 12.5 Å². The molecule has 6 heteroatoms. The summed E-state index contributed by atoms with van der Waals surface area (Å²) in [5.74, 6) is 4.97. The number of hydrazine groups is 1. The van der Waals surface area contributed by atoms with Gasteiger partial charge in [0.05, 0.1) is 0 Å². The maximum Gasteiger partial charge on any atom is 0.325 e. The molecule has 0 radical (unpaired) electrons. The first-order valence-electron chi connectivity index (χ1n) is 7.39. The molecule has 0 atom stereocenters. The molecular weight excluding hydrogens is 292 g/mol. The van der Waals surface area contributed by atoms with E-state index in [0.717, 1.165) is 11.1 Å². The highest BCUT2D eigenvalue weighted by Gasteiger charge is 2.53. The molecule has 2 aromatic carbocycles. The van der Waals surface area contributed by atoms with Gasteiger partial charge >= 0.3 is 6.03 Å². The summed E-state index contributed by atoms with van der Waals surface area (Å²) in [6.45, 7) is 0.543. The van der Waals surface area contributed by atoms with Crippen molar-refractivity contribution < 1.29 is 9.59 Å². The topological polar surface area (TPSA) is 87.5 Å². The molecule has 2 aromatic rings. The molecule has 1 aliphatic heterocycles. The third-order valence-corrected chi connectivity index (χ3v) is 4.00. The fourth-order valence-electron chi connectivity index (χ4n) is 2.89. The van der Waals surface area contributed by atoms with Crippen LogP contribution in [-0.2, 0) is 10.3 Å². The fourth-order valence-corrected chi connectivity index (χ4v) is 2.89. The third-order valence-electron chi connectivity index (χ3n) is 4.00. The molecule has 1 aliphatic rings. The maximum absolute atomic E-state index is 13.1. The summed E-state index contributed by atoms with van der Waals surface area (Å²) in [6.07, 6.45) is 0. The number of hydrogen-bond donors (Lipinski definition) is 3. The first-order chi connectivity index (χ1) is 11.2. The number of nitrogens with one attached hydrogen (secondary N) is 2. The summed E-state index contributed by atoms with van der Waals surface area (Å²) in [5.41, 5.74) is 2.73. The lowest BCUT2D eigenvalue weighted by molar-refractivity contribution is -0.130. The van der Waals surface area contributed by atoms with Crippen molar-refractivity contribution in [2.24, 2.45) is 5.84 Å². The van der Waals surface area contributed by atoms with Crippen LogP contribution in [0.1, 0.15) is 11.1 Å². The van der Waals surface area contributed by atoms with E-state index in [1.165, 1.54) is 4.90 Å². The van der Waals surface area contributed by atoms with Gasteiger partial charge in [-0.25, -0.2) is 4.79 Å². The number of amides is 3. The van der Waals surface area contributed by atoms with Gasteiger partial charge in [-0.15, -0.1) is 0 Å². The van der Waals surface area contributed by atoms with Crippen LogP contribution in [0.3, 0.4) is 0 Å². The van der Waals surface area contributed by atoms with Gasteiger partial charge in [0.2, 0.25) is 0 Å². The Bertz CT molecular complexity index is 664. The Kier molecular flexibility index (Phi) is 4.10. The van der Waals surface area contributed by atoms with Gasteiger partial charge in [-0.1, -0.05) is 60.7 Å². The summed E-state index contributed by atoms with van der Waals surface area (Å²) >= 11 is 0. The number of nitrogens with two attached hydrogens (primary N) is 1. The van der Waals surface area contributed by atoms with Crippen molar-refractivity contribution in [1.29, 1.82) is 0 Å². The minimum atomic E-state index is -1.20. The lowest BCUT2D eigenvalue weighted by atomic mass is 9.82. The molecule has 0 aliphatic carbocycles. The number of carbonyl (C=O) groups is 2. The number of carbonyl (C=O) groups excluding carboxylic acids is 2. The van der Waals surface area contributed by atoms with Gasteiger partial charge in [0, 0.05) is 13.1 Å². The van der Waals surface area contributed by atoms with Crippen molar-refractivity contribution in [3.63, 3.8) is 0 Å². The highest BCUT2D eigenvalue weighted by molar-refractivity contribution is 6.09. The van der Waals surface area contributed by atoms with E-state index in [2.05, 4.69) is 10.7 Å². The van der Waals surface area contributed by atoms with Crippen molar-refractivity contribution in [3.05, 3.63) is 71.8 Å². The normalized spacial score (nSPS) is 16.5. The summed E-state index contributed by atoms with van der Waals surface area (Å²) in [4.78, 5) is 26.7. The quantitative estimate of drug-likeness (QED) is 0.436. The van der Waals surface area contributed by atoms with Crippen molar-refractivity contribution in [2.45, 2.75) is 5.54 Å². The molecule has 4 N–H and O–H groups in total. The van der Waals surface area contributed by atoms with Gasteiger partial charge in [0.25, 0.3) is 5.91 Å². The van der Waals surface area contributed by atoms with Crippen LogP contribution in [0.5, 0.6) is 0 Å². The van der Waals surface area contributed by atoms with Crippen LogP contribution in [0.25, 0.3) is 0 Å². The monoisotopic (exact) mass is 310 g/mol. The van der Waals surface area contributed by atoms with E-state index >= 15 is 0 Å². The van der Waals surface area contributed by atoms with E-state index in [4.69, 9.17) is 5.84 Å². The first kappa shape index (κ1) is 15.2. The second-order valence-electron chi connectivity index (χ2n) is 5.32. The molecule has 23 heavy (non-hydrogen) atoms. The summed E-state index contributed by atoms with van der Waals surface area (Å²) in [6, 6.07) is 18.1. The molecule has 118 valence electrons. The average Bonchev–Trinajstić information content (AvgIpc) is 2.86. The van der Waals surface area contributed by atoms with Crippen LogP contribution < -0.4 is 16.6 Å². The van der Waals surface area contributed by atoms with Crippen LogP contribution in [0.4, 0.5) is 4.79 Å². The molecule has 6 nitrogen and oxygen atoms in total. The SMILES string of the molecule is NNCCN1C(=O)NC(c2ccccc2)(c2ccccc2)C1=O. The number of benzene rings is 2. The van der Waals surface area contributed by atoms with E-state index < -0.39 is 11.6 Å². The first-order valence-corrected chi connectivity index (χ1v) is 7.39. The number of imide groups is 1. The van der Waals surface area contributed by atoms with Crippen molar-refractivity contribution >= 4 is 11.9 Å². The summed E-state index contributed by atoms with van der Waals surface area (Å²) in [7, 11) is 0. The fraction of sp³-hybridized carbons (Fsp3) is 0.176. The van der Waals surface area contributed by atoms with Crippen LogP contribution in [0.2, 0.25) is 0 Å².